The van der Waals surface area contributed by atoms with Gasteiger partial charge in [0.2, 0.25) is 0 Å². The van der Waals surface area contributed by atoms with Crippen molar-refractivity contribution in [2.24, 2.45) is 5.92 Å². The van der Waals surface area contributed by atoms with E-state index in [9.17, 15) is 10.1 Å². The van der Waals surface area contributed by atoms with Crippen LogP contribution in [0.4, 0.5) is 5.69 Å². The van der Waals surface area contributed by atoms with Crippen molar-refractivity contribution in [1.29, 1.82) is 5.26 Å². The maximum atomic E-state index is 10.7. The summed E-state index contributed by atoms with van der Waals surface area (Å²) < 4.78 is 0.727. The molecule has 0 aromatic heterocycles. The third-order valence-corrected chi connectivity index (χ3v) is 3.58. The van der Waals surface area contributed by atoms with Gasteiger partial charge in [-0.1, -0.05) is 22.9 Å². The summed E-state index contributed by atoms with van der Waals surface area (Å²) in [7, 11) is 0. The van der Waals surface area contributed by atoms with E-state index in [4.69, 9.17) is 5.26 Å². The molecule has 0 fully saturated rings. The van der Waals surface area contributed by atoms with Gasteiger partial charge < -0.3 is 0 Å². The largest absolute Gasteiger partial charge is 0.298 e. The maximum Gasteiger partial charge on any atom is 0.270 e. The molecule has 0 aliphatic carbocycles. The first-order valence-electron chi connectivity index (χ1n) is 6.02. The fraction of sp³-hybridized carbons (Fsp3) is 0.462. The Hall–Kier alpha value is -1.45. The number of nitro groups is 1. The Morgan fingerprint density at radius 2 is 2.26 bits per heavy atom. The highest BCUT2D eigenvalue weighted by atomic mass is 79.9. The number of nitrogens with zero attached hydrogens (tertiary/aromatic N) is 3. The number of rotatable bonds is 6. The van der Waals surface area contributed by atoms with Crippen LogP contribution in [-0.2, 0) is 6.54 Å². The molecule has 0 amide bonds. The molecule has 0 aliphatic rings. The summed E-state index contributed by atoms with van der Waals surface area (Å²) in [6.45, 7) is 6.10. The highest BCUT2D eigenvalue weighted by Gasteiger charge is 2.13. The first kappa shape index (κ1) is 15.6. The zero-order valence-electron chi connectivity index (χ0n) is 11.0. The lowest BCUT2D eigenvalue weighted by Gasteiger charge is -2.22. The van der Waals surface area contributed by atoms with Gasteiger partial charge in [-0.2, -0.15) is 5.26 Å². The summed E-state index contributed by atoms with van der Waals surface area (Å²) in [6, 6.07) is 6.98. The van der Waals surface area contributed by atoms with Crippen molar-refractivity contribution in [3.05, 3.63) is 38.3 Å². The van der Waals surface area contributed by atoms with Gasteiger partial charge in [-0.25, -0.2) is 0 Å². The van der Waals surface area contributed by atoms with Crippen LogP contribution in [0.3, 0.4) is 0 Å². The van der Waals surface area contributed by atoms with Crippen molar-refractivity contribution < 1.29 is 4.92 Å². The molecule has 0 saturated heterocycles. The van der Waals surface area contributed by atoms with Gasteiger partial charge in [0, 0.05) is 29.7 Å². The van der Waals surface area contributed by atoms with E-state index in [0.717, 1.165) is 16.6 Å². The normalized spacial score (nSPS) is 12.2. The molecule has 1 aromatic carbocycles. The molecule has 0 radical (unpaired) electrons. The number of nitro benzene ring substituents is 1. The van der Waals surface area contributed by atoms with Gasteiger partial charge in [-0.3, -0.25) is 15.0 Å². The molecule has 1 rings (SSSR count). The lowest BCUT2D eigenvalue weighted by atomic mass is 10.1. The minimum absolute atomic E-state index is 0.0308. The van der Waals surface area contributed by atoms with Crippen LogP contribution in [-0.4, -0.2) is 22.9 Å². The van der Waals surface area contributed by atoms with E-state index in [1.807, 2.05) is 13.8 Å². The van der Waals surface area contributed by atoms with E-state index in [0.29, 0.717) is 13.1 Å². The first-order chi connectivity index (χ1) is 8.97. The van der Waals surface area contributed by atoms with Crippen LogP contribution in [0.25, 0.3) is 0 Å². The third kappa shape index (κ3) is 4.62. The number of halogens is 1. The molecule has 1 aromatic rings. The molecule has 6 heteroatoms. The predicted octanol–water partition coefficient (Wildman–Crippen LogP) is 3.34. The zero-order chi connectivity index (χ0) is 14.4. The Labute approximate surface area is 121 Å². The molecule has 5 nitrogen and oxygen atoms in total. The molecule has 1 atom stereocenters. The van der Waals surface area contributed by atoms with Crippen molar-refractivity contribution in [3.8, 4) is 6.07 Å². The highest BCUT2D eigenvalue weighted by Crippen LogP contribution is 2.24. The number of nitriles is 1. The summed E-state index contributed by atoms with van der Waals surface area (Å²) in [6.07, 6.45) is 0. The smallest absolute Gasteiger partial charge is 0.270 e. The quantitative estimate of drug-likeness (QED) is 0.594. The molecule has 1 unspecified atom stereocenters. The Morgan fingerprint density at radius 3 is 2.74 bits per heavy atom. The Bertz CT molecular complexity index is 499. The average Bonchev–Trinajstić information content (AvgIpc) is 2.39. The summed E-state index contributed by atoms with van der Waals surface area (Å²) in [5, 5.41) is 19.5. The second-order valence-corrected chi connectivity index (χ2v) is 5.25. The van der Waals surface area contributed by atoms with Gasteiger partial charge in [0.25, 0.3) is 5.69 Å². The monoisotopic (exact) mass is 325 g/mol. The van der Waals surface area contributed by atoms with Crippen LogP contribution >= 0.6 is 15.9 Å². The van der Waals surface area contributed by atoms with Gasteiger partial charge in [0.05, 0.1) is 16.9 Å². The highest BCUT2D eigenvalue weighted by molar-refractivity contribution is 9.10. The summed E-state index contributed by atoms with van der Waals surface area (Å²) in [4.78, 5) is 12.4. The molecule has 0 heterocycles. The molecule has 102 valence electrons. The summed E-state index contributed by atoms with van der Waals surface area (Å²) in [5.41, 5.74) is 1.06. The Kier molecular flexibility index (Phi) is 5.93. The second-order valence-electron chi connectivity index (χ2n) is 4.39. The summed E-state index contributed by atoms with van der Waals surface area (Å²) >= 11 is 3.36. The standard InChI is InChI=1S/C13H16BrN3O2/c1-3-16(8-10(2)7-15)9-11-4-5-12(17(18)19)6-13(11)14/h4-6,10H,3,8-9H2,1-2H3. The van der Waals surface area contributed by atoms with E-state index in [2.05, 4.69) is 26.9 Å². The molecule has 0 N–H and O–H groups in total. The van der Waals surface area contributed by atoms with Crippen molar-refractivity contribution in [1.82, 2.24) is 4.90 Å². The molecule has 0 bridgehead atoms. The van der Waals surface area contributed by atoms with E-state index < -0.39 is 4.92 Å². The van der Waals surface area contributed by atoms with E-state index in [1.165, 1.54) is 12.1 Å². The predicted molar refractivity (Wildman–Crippen MR) is 76.5 cm³/mol. The lowest BCUT2D eigenvalue weighted by molar-refractivity contribution is -0.384. The van der Waals surface area contributed by atoms with Crippen molar-refractivity contribution in [2.45, 2.75) is 20.4 Å². The molecular weight excluding hydrogens is 310 g/mol. The van der Waals surface area contributed by atoms with Gasteiger partial charge in [-0.05, 0) is 25.1 Å². The molecule has 0 spiro atoms. The number of hydrogen-bond donors (Lipinski definition) is 0. The van der Waals surface area contributed by atoms with Crippen molar-refractivity contribution >= 4 is 21.6 Å². The molecule has 19 heavy (non-hydrogen) atoms. The average molecular weight is 326 g/mol. The van der Waals surface area contributed by atoms with E-state index in [-0.39, 0.29) is 11.6 Å². The Balaban J connectivity index is 2.81. The van der Waals surface area contributed by atoms with Crippen LogP contribution in [0, 0.1) is 27.4 Å². The Morgan fingerprint density at radius 1 is 1.58 bits per heavy atom. The van der Waals surface area contributed by atoms with E-state index in [1.54, 1.807) is 6.07 Å². The first-order valence-corrected chi connectivity index (χ1v) is 6.82. The molecular formula is C13H16BrN3O2. The SMILES string of the molecule is CCN(Cc1ccc([N+](=O)[O-])cc1Br)CC(C)C#N. The van der Waals surface area contributed by atoms with Gasteiger partial charge in [0.1, 0.15) is 0 Å². The number of non-ortho nitro benzene ring substituents is 1. The minimum Gasteiger partial charge on any atom is -0.298 e. The van der Waals surface area contributed by atoms with Crippen molar-refractivity contribution in [2.75, 3.05) is 13.1 Å². The van der Waals surface area contributed by atoms with Crippen LogP contribution < -0.4 is 0 Å². The van der Waals surface area contributed by atoms with Crippen molar-refractivity contribution in [3.63, 3.8) is 0 Å². The number of benzene rings is 1. The lowest BCUT2D eigenvalue weighted by Crippen LogP contribution is -2.27. The third-order valence-electron chi connectivity index (χ3n) is 2.84. The minimum atomic E-state index is -0.413. The van der Waals surface area contributed by atoms with Gasteiger partial charge in [0.15, 0.2) is 0 Å². The fourth-order valence-electron chi connectivity index (χ4n) is 1.75. The fourth-order valence-corrected chi connectivity index (χ4v) is 2.24. The topological polar surface area (TPSA) is 70.2 Å². The van der Waals surface area contributed by atoms with Crippen LogP contribution in [0.15, 0.2) is 22.7 Å². The van der Waals surface area contributed by atoms with Crippen LogP contribution in [0.1, 0.15) is 19.4 Å². The van der Waals surface area contributed by atoms with Gasteiger partial charge >= 0.3 is 0 Å². The van der Waals surface area contributed by atoms with Crippen LogP contribution in [0.2, 0.25) is 0 Å². The maximum absolute atomic E-state index is 10.7. The van der Waals surface area contributed by atoms with Gasteiger partial charge in [-0.15, -0.1) is 0 Å². The van der Waals surface area contributed by atoms with E-state index >= 15 is 0 Å². The number of hydrogen-bond acceptors (Lipinski definition) is 4. The molecule has 0 saturated carbocycles. The van der Waals surface area contributed by atoms with Crippen LogP contribution in [0.5, 0.6) is 0 Å². The second kappa shape index (κ2) is 7.22. The zero-order valence-corrected chi connectivity index (χ0v) is 12.6. The molecule has 0 aliphatic heterocycles. The summed E-state index contributed by atoms with van der Waals surface area (Å²) in [5.74, 6) is -0.0308.